The van der Waals surface area contributed by atoms with E-state index in [0.717, 1.165) is 19.3 Å². The normalized spacial score (nSPS) is 13.5. The molecule has 1 aromatic carbocycles. The Labute approximate surface area is 110 Å². The van der Waals surface area contributed by atoms with E-state index in [0.29, 0.717) is 16.1 Å². The quantitative estimate of drug-likeness (QED) is 0.780. The molecule has 0 fully saturated rings. The number of nitrogens with one attached hydrogen (secondary N) is 1. The van der Waals surface area contributed by atoms with Crippen molar-refractivity contribution in [2.24, 2.45) is 0 Å². The van der Waals surface area contributed by atoms with Gasteiger partial charge in [0.05, 0.1) is 4.90 Å². The topological polar surface area (TPSA) is 72.2 Å². The minimum atomic E-state index is -3.45. The van der Waals surface area contributed by atoms with Gasteiger partial charge in [0, 0.05) is 11.7 Å². The first-order valence-electron chi connectivity index (χ1n) is 6.29. The molecule has 102 valence electrons. The van der Waals surface area contributed by atoms with Gasteiger partial charge in [-0.1, -0.05) is 20.3 Å². The molecule has 5 heteroatoms. The van der Waals surface area contributed by atoms with Gasteiger partial charge < -0.3 is 5.73 Å². The number of hydrogen-bond acceptors (Lipinski definition) is 3. The van der Waals surface area contributed by atoms with Gasteiger partial charge >= 0.3 is 0 Å². The Morgan fingerprint density at radius 1 is 1.33 bits per heavy atom. The molecule has 1 aromatic rings. The van der Waals surface area contributed by atoms with Crippen molar-refractivity contribution >= 4 is 15.7 Å². The fraction of sp³-hybridized carbons (Fsp3) is 0.538. The summed E-state index contributed by atoms with van der Waals surface area (Å²) in [5.74, 6) is 0. The fourth-order valence-corrected chi connectivity index (χ4v) is 3.53. The van der Waals surface area contributed by atoms with Crippen molar-refractivity contribution in [3.05, 3.63) is 23.8 Å². The summed E-state index contributed by atoms with van der Waals surface area (Å²) in [7, 11) is -3.45. The lowest BCUT2D eigenvalue weighted by molar-refractivity contribution is 0.512. The molecule has 0 heterocycles. The largest absolute Gasteiger partial charge is 0.399 e. The summed E-state index contributed by atoms with van der Waals surface area (Å²) in [6.07, 6.45) is 2.60. The zero-order valence-corrected chi connectivity index (χ0v) is 12.0. The molecular formula is C13H22N2O2S. The molecule has 18 heavy (non-hydrogen) atoms. The third-order valence-corrected chi connectivity index (χ3v) is 4.62. The third kappa shape index (κ3) is 3.71. The molecule has 0 aliphatic heterocycles. The monoisotopic (exact) mass is 270 g/mol. The van der Waals surface area contributed by atoms with Crippen molar-refractivity contribution in [1.29, 1.82) is 0 Å². The number of sulfonamides is 1. The maximum Gasteiger partial charge on any atom is 0.241 e. The SMILES string of the molecule is CCCC(CC)NS(=O)(=O)c1ccc(N)cc1C. The molecule has 0 spiro atoms. The first-order valence-corrected chi connectivity index (χ1v) is 7.77. The first kappa shape index (κ1) is 15.0. The van der Waals surface area contributed by atoms with E-state index in [4.69, 9.17) is 5.73 Å². The van der Waals surface area contributed by atoms with Crippen LogP contribution >= 0.6 is 0 Å². The Morgan fingerprint density at radius 3 is 2.50 bits per heavy atom. The van der Waals surface area contributed by atoms with Crippen LogP contribution in [0.15, 0.2) is 23.1 Å². The van der Waals surface area contributed by atoms with Crippen LogP contribution < -0.4 is 10.5 Å². The molecule has 0 bridgehead atoms. The van der Waals surface area contributed by atoms with Gasteiger partial charge in [0.2, 0.25) is 10.0 Å². The molecule has 0 aromatic heterocycles. The van der Waals surface area contributed by atoms with E-state index in [1.54, 1.807) is 25.1 Å². The summed E-state index contributed by atoms with van der Waals surface area (Å²) in [6.45, 7) is 5.79. The molecule has 0 aliphatic carbocycles. The van der Waals surface area contributed by atoms with Gasteiger partial charge in [0.1, 0.15) is 0 Å². The Balaban J connectivity index is 2.99. The van der Waals surface area contributed by atoms with E-state index >= 15 is 0 Å². The highest BCUT2D eigenvalue weighted by Gasteiger charge is 2.20. The van der Waals surface area contributed by atoms with E-state index < -0.39 is 10.0 Å². The average Bonchev–Trinajstić information content (AvgIpc) is 2.27. The molecule has 0 saturated heterocycles. The van der Waals surface area contributed by atoms with Crippen molar-refractivity contribution in [2.45, 2.75) is 51.0 Å². The highest BCUT2D eigenvalue weighted by molar-refractivity contribution is 7.89. The van der Waals surface area contributed by atoms with Gasteiger partial charge in [-0.05, 0) is 43.5 Å². The maximum absolute atomic E-state index is 12.3. The number of aryl methyl sites for hydroxylation is 1. The van der Waals surface area contributed by atoms with Crippen LogP contribution in [0, 0.1) is 6.92 Å². The second-order valence-electron chi connectivity index (χ2n) is 4.54. The van der Waals surface area contributed by atoms with Crippen LogP contribution in [0.2, 0.25) is 0 Å². The molecule has 1 rings (SSSR count). The van der Waals surface area contributed by atoms with E-state index in [9.17, 15) is 8.42 Å². The highest BCUT2D eigenvalue weighted by Crippen LogP contribution is 2.18. The fourth-order valence-electron chi connectivity index (χ4n) is 1.95. The third-order valence-electron chi connectivity index (χ3n) is 2.94. The molecule has 3 N–H and O–H groups in total. The Morgan fingerprint density at radius 2 is 2.00 bits per heavy atom. The maximum atomic E-state index is 12.3. The van der Waals surface area contributed by atoms with Gasteiger partial charge in [-0.3, -0.25) is 0 Å². The number of rotatable bonds is 6. The minimum Gasteiger partial charge on any atom is -0.399 e. The molecule has 0 saturated carbocycles. The van der Waals surface area contributed by atoms with Crippen molar-refractivity contribution < 1.29 is 8.42 Å². The first-order chi connectivity index (χ1) is 8.40. The van der Waals surface area contributed by atoms with Crippen molar-refractivity contribution in [3.63, 3.8) is 0 Å². The lowest BCUT2D eigenvalue weighted by Gasteiger charge is -2.17. The average molecular weight is 270 g/mol. The van der Waals surface area contributed by atoms with Crippen LogP contribution in [0.25, 0.3) is 0 Å². The number of hydrogen-bond donors (Lipinski definition) is 2. The smallest absolute Gasteiger partial charge is 0.241 e. The van der Waals surface area contributed by atoms with Gasteiger partial charge in [0.15, 0.2) is 0 Å². The second kappa shape index (κ2) is 6.20. The predicted octanol–water partition coefficient (Wildman–Crippen LogP) is 2.43. The molecule has 0 amide bonds. The number of nitrogen functional groups attached to an aromatic ring is 1. The predicted molar refractivity (Wildman–Crippen MR) is 74.9 cm³/mol. The lowest BCUT2D eigenvalue weighted by Crippen LogP contribution is -2.34. The van der Waals surface area contributed by atoms with E-state index in [-0.39, 0.29) is 6.04 Å². The molecule has 0 aliphatic rings. The van der Waals surface area contributed by atoms with Crippen LogP contribution in [-0.2, 0) is 10.0 Å². The van der Waals surface area contributed by atoms with Crippen LogP contribution in [0.5, 0.6) is 0 Å². The van der Waals surface area contributed by atoms with Gasteiger partial charge in [0.25, 0.3) is 0 Å². The zero-order valence-electron chi connectivity index (χ0n) is 11.2. The van der Waals surface area contributed by atoms with Crippen LogP contribution in [0.4, 0.5) is 5.69 Å². The van der Waals surface area contributed by atoms with Crippen LogP contribution in [-0.4, -0.2) is 14.5 Å². The Hall–Kier alpha value is -1.07. The standard InChI is InChI=1S/C13H22N2O2S/c1-4-6-12(5-2)15-18(16,17)13-8-7-11(14)9-10(13)3/h7-9,12,15H,4-6,14H2,1-3H3. The highest BCUT2D eigenvalue weighted by atomic mass is 32.2. The van der Waals surface area contributed by atoms with Crippen molar-refractivity contribution in [1.82, 2.24) is 4.72 Å². The van der Waals surface area contributed by atoms with Crippen LogP contribution in [0.3, 0.4) is 0 Å². The number of benzene rings is 1. The second-order valence-corrected chi connectivity index (χ2v) is 6.22. The summed E-state index contributed by atoms with van der Waals surface area (Å²) in [6, 6.07) is 4.85. The van der Waals surface area contributed by atoms with Gasteiger partial charge in [-0.25, -0.2) is 13.1 Å². The zero-order chi connectivity index (χ0) is 13.8. The summed E-state index contributed by atoms with van der Waals surface area (Å²) >= 11 is 0. The summed E-state index contributed by atoms with van der Waals surface area (Å²) in [5, 5.41) is 0. The molecule has 4 nitrogen and oxygen atoms in total. The summed E-state index contributed by atoms with van der Waals surface area (Å²) < 4.78 is 27.3. The summed E-state index contributed by atoms with van der Waals surface area (Å²) in [5.41, 5.74) is 6.88. The lowest BCUT2D eigenvalue weighted by atomic mass is 10.1. The molecular weight excluding hydrogens is 248 g/mol. The van der Waals surface area contributed by atoms with Crippen molar-refractivity contribution in [3.8, 4) is 0 Å². The van der Waals surface area contributed by atoms with Crippen molar-refractivity contribution in [2.75, 3.05) is 5.73 Å². The molecule has 1 unspecified atom stereocenters. The van der Waals surface area contributed by atoms with E-state index in [2.05, 4.69) is 4.72 Å². The van der Waals surface area contributed by atoms with Gasteiger partial charge in [-0.15, -0.1) is 0 Å². The minimum absolute atomic E-state index is 0.00282. The number of nitrogens with two attached hydrogens (primary N) is 1. The Kier molecular flexibility index (Phi) is 5.16. The Bertz CT molecular complexity index is 498. The summed E-state index contributed by atoms with van der Waals surface area (Å²) in [4.78, 5) is 0.311. The molecule has 1 atom stereocenters. The van der Waals surface area contributed by atoms with Crippen LogP contribution in [0.1, 0.15) is 38.7 Å². The number of anilines is 1. The van der Waals surface area contributed by atoms with E-state index in [1.165, 1.54) is 0 Å². The van der Waals surface area contributed by atoms with E-state index in [1.807, 2.05) is 13.8 Å². The molecule has 0 radical (unpaired) electrons. The van der Waals surface area contributed by atoms with Gasteiger partial charge in [-0.2, -0.15) is 0 Å².